The lowest BCUT2D eigenvalue weighted by atomic mass is 10.0. The molecule has 10 heteroatoms. The standard InChI is InChI=1S/C25H21F2N3O4S/c1-14-28-21-5-3-16(12-22(21)29-14)15-4-6-23-18(9-15)13-30(7-8-34-23)25(31)17-10-19(26)24(20(27)11-17)35(2,32)33/h3-6,9-12H,7-8,13H2,1-2H3,(H,28,29). The third-order valence-electron chi connectivity index (χ3n) is 5.88. The second-order valence-corrected chi connectivity index (χ2v) is 10.4. The lowest BCUT2D eigenvalue weighted by Gasteiger charge is -2.20. The van der Waals surface area contributed by atoms with Crippen LogP contribution in [0.15, 0.2) is 53.4 Å². The normalized spacial score (nSPS) is 13.9. The van der Waals surface area contributed by atoms with E-state index in [0.29, 0.717) is 12.0 Å². The Bertz CT molecular complexity index is 1570. The predicted molar refractivity (Wildman–Crippen MR) is 126 cm³/mol. The van der Waals surface area contributed by atoms with Gasteiger partial charge in [-0.05, 0) is 54.4 Å². The van der Waals surface area contributed by atoms with Crippen LogP contribution in [0.5, 0.6) is 5.75 Å². The number of sulfone groups is 1. The van der Waals surface area contributed by atoms with Crippen LogP contribution in [-0.2, 0) is 16.4 Å². The van der Waals surface area contributed by atoms with Crippen LogP contribution < -0.4 is 4.74 Å². The third-order valence-corrected chi connectivity index (χ3v) is 7.01. The molecule has 1 amide bonds. The van der Waals surface area contributed by atoms with Crippen molar-refractivity contribution in [2.75, 3.05) is 19.4 Å². The van der Waals surface area contributed by atoms with Crippen LogP contribution in [0.25, 0.3) is 22.2 Å². The van der Waals surface area contributed by atoms with Crippen molar-refractivity contribution in [3.05, 3.63) is 77.1 Å². The second kappa shape index (κ2) is 8.46. The average molecular weight is 498 g/mol. The molecule has 1 N–H and O–H groups in total. The molecule has 0 radical (unpaired) electrons. The summed E-state index contributed by atoms with van der Waals surface area (Å²) in [5.41, 5.74) is 4.10. The highest BCUT2D eigenvalue weighted by molar-refractivity contribution is 7.90. The maximum atomic E-state index is 14.4. The molecule has 1 aromatic heterocycles. The van der Waals surface area contributed by atoms with Crippen molar-refractivity contribution in [3.63, 3.8) is 0 Å². The summed E-state index contributed by atoms with van der Waals surface area (Å²) in [4.78, 5) is 21.1. The molecule has 0 aliphatic carbocycles. The van der Waals surface area contributed by atoms with Crippen LogP contribution in [0, 0.1) is 18.6 Å². The summed E-state index contributed by atoms with van der Waals surface area (Å²) >= 11 is 0. The number of fused-ring (bicyclic) bond motifs is 2. The van der Waals surface area contributed by atoms with Gasteiger partial charge in [-0.15, -0.1) is 0 Å². The van der Waals surface area contributed by atoms with Crippen molar-refractivity contribution in [2.45, 2.75) is 18.4 Å². The van der Waals surface area contributed by atoms with Gasteiger partial charge in [0.25, 0.3) is 5.91 Å². The van der Waals surface area contributed by atoms with E-state index >= 15 is 0 Å². The Morgan fingerprint density at radius 3 is 2.46 bits per heavy atom. The zero-order chi connectivity index (χ0) is 24.9. The zero-order valence-electron chi connectivity index (χ0n) is 18.9. The van der Waals surface area contributed by atoms with Gasteiger partial charge in [-0.2, -0.15) is 0 Å². The minimum Gasteiger partial charge on any atom is -0.491 e. The second-order valence-electron chi connectivity index (χ2n) is 8.49. The molecule has 0 fully saturated rings. The Kier molecular flexibility index (Phi) is 5.55. The molecule has 7 nitrogen and oxygen atoms in total. The average Bonchev–Trinajstić information content (AvgIpc) is 3.02. The minimum absolute atomic E-state index is 0.157. The van der Waals surface area contributed by atoms with Gasteiger partial charge in [0.15, 0.2) is 9.84 Å². The molecular weight excluding hydrogens is 476 g/mol. The molecule has 0 spiro atoms. The van der Waals surface area contributed by atoms with Gasteiger partial charge in [0.1, 0.15) is 34.7 Å². The fourth-order valence-electron chi connectivity index (χ4n) is 4.28. The third kappa shape index (κ3) is 4.37. The van der Waals surface area contributed by atoms with E-state index in [1.807, 2.05) is 43.3 Å². The maximum absolute atomic E-state index is 14.4. The van der Waals surface area contributed by atoms with Crippen LogP contribution >= 0.6 is 0 Å². The van der Waals surface area contributed by atoms with E-state index in [9.17, 15) is 22.0 Å². The number of carbonyl (C=O) groups is 1. The first-order valence-electron chi connectivity index (χ1n) is 10.8. The summed E-state index contributed by atoms with van der Waals surface area (Å²) < 4.78 is 57.9. The number of carbonyl (C=O) groups excluding carboxylic acids is 1. The summed E-state index contributed by atoms with van der Waals surface area (Å²) in [5, 5.41) is 0. The van der Waals surface area contributed by atoms with E-state index < -0.39 is 32.3 Å². The zero-order valence-corrected chi connectivity index (χ0v) is 19.7. The molecule has 4 aromatic rings. The topological polar surface area (TPSA) is 92.4 Å². The number of aromatic nitrogens is 2. The molecule has 1 aliphatic heterocycles. The Balaban J connectivity index is 1.46. The first kappa shape index (κ1) is 23.0. The van der Waals surface area contributed by atoms with E-state index in [4.69, 9.17) is 4.74 Å². The van der Waals surface area contributed by atoms with Crippen molar-refractivity contribution >= 4 is 26.8 Å². The van der Waals surface area contributed by atoms with Gasteiger partial charge in [-0.3, -0.25) is 4.79 Å². The quantitative estimate of drug-likeness (QED) is 0.457. The molecule has 0 bridgehead atoms. The Hall–Kier alpha value is -3.79. The largest absolute Gasteiger partial charge is 0.491 e. The Labute approximate surface area is 200 Å². The van der Waals surface area contributed by atoms with Crippen molar-refractivity contribution in [2.24, 2.45) is 0 Å². The Morgan fingerprint density at radius 1 is 1.06 bits per heavy atom. The van der Waals surface area contributed by atoms with Crippen molar-refractivity contribution in [1.82, 2.24) is 14.9 Å². The smallest absolute Gasteiger partial charge is 0.254 e. The van der Waals surface area contributed by atoms with E-state index in [2.05, 4.69) is 9.97 Å². The highest BCUT2D eigenvalue weighted by Crippen LogP contribution is 2.31. The fourth-order valence-corrected chi connectivity index (χ4v) is 5.11. The molecule has 35 heavy (non-hydrogen) atoms. The van der Waals surface area contributed by atoms with Gasteiger partial charge in [0.2, 0.25) is 0 Å². The summed E-state index contributed by atoms with van der Waals surface area (Å²) in [7, 11) is -4.12. The number of imidazole rings is 1. The van der Waals surface area contributed by atoms with Crippen LogP contribution in [0.3, 0.4) is 0 Å². The number of benzene rings is 3. The molecular formula is C25H21F2N3O4S. The number of rotatable bonds is 3. The number of hydrogen-bond donors (Lipinski definition) is 1. The van der Waals surface area contributed by atoms with Gasteiger partial charge < -0.3 is 14.6 Å². The van der Waals surface area contributed by atoms with E-state index in [1.165, 1.54) is 4.90 Å². The van der Waals surface area contributed by atoms with Crippen molar-refractivity contribution in [1.29, 1.82) is 0 Å². The molecule has 5 rings (SSSR count). The summed E-state index contributed by atoms with van der Waals surface area (Å²) in [6, 6.07) is 13.1. The van der Waals surface area contributed by atoms with E-state index in [-0.39, 0.29) is 25.3 Å². The van der Waals surface area contributed by atoms with Crippen LogP contribution in [0.4, 0.5) is 8.78 Å². The lowest BCUT2D eigenvalue weighted by Crippen LogP contribution is -2.32. The number of nitrogens with one attached hydrogen (secondary N) is 1. The molecule has 0 saturated heterocycles. The maximum Gasteiger partial charge on any atom is 0.254 e. The number of aryl methyl sites for hydroxylation is 1. The van der Waals surface area contributed by atoms with Crippen molar-refractivity contribution in [3.8, 4) is 16.9 Å². The van der Waals surface area contributed by atoms with Crippen molar-refractivity contribution < 1.29 is 26.7 Å². The number of H-pyrrole nitrogens is 1. The Morgan fingerprint density at radius 2 is 1.74 bits per heavy atom. The van der Waals surface area contributed by atoms with Crippen LogP contribution in [0.1, 0.15) is 21.7 Å². The number of amides is 1. The molecule has 0 unspecified atom stereocenters. The number of halogens is 2. The SMILES string of the molecule is Cc1nc2ccc(-c3ccc4c(c3)CN(C(=O)c3cc(F)c(S(C)(=O)=O)c(F)c3)CCO4)cc2[nH]1. The first-order valence-corrected chi connectivity index (χ1v) is 12.7. The number of nitrogens with zero attached hydrogens (tertiary/aromatic N) is 2. The first-order chi connectivity index (χ1) is 16.6. The summed E-state index contributed by atoms with van der Waals surface area (Å²) in [5.74, 6) is -1.78. The molecule has 180 valence electrons. The molecule has 1 aliphatic rings. The molecule has 0 saturated carbocycles. The van der Waals surface area contributed by atoms with E-state index in [1.54, 1.807) is 0 Å². The van der Waals surface area contributed by atoms with Gasteiger partial charge in [0.05, 0.1) is 17.6 Å². The molecule has 2 heterocycles. The number of aromatic amines is 1. The van der Waals surface area contributed by atoms with Crippen LogP contribution in [-0.4, -0.2) is 48.6 Å². The number of hydrogen-bond acceptors (Lipinski definition) is 5. The predicted octanol–water partition coefficient (Wildman–Crippen LogP) is 4.25. The van der Waals surface area contributed by atoms with Gasteiger partial charge in [-0.1, -0.05) is 12.1 Å². The van der Waals surface area contributed by atoms with E-state index in [0.717, 1.165) is 45.7 Å². The monoisotopic (exact) mass is 497 g/mol. The molecule has 3 aromatic carbocycles. The summed E-state index contributed by atoms with van der Waals surface area (Å²) in [6.45, 7) is 2.44. The van der Waals surface area contributed by atoms with Crippen LogP contribution in [0.2, 0.25) is 0 Å². The molecule has 0 atom stereocenters. The number of ether oxygens (including phenoxy) is 1. The van der Waals surface area contributed by atoms with Gasteiger partial charge in [-0.25, -0.2) is 22.2 Å². The minimum atomic E-state index is -4.12. The highest BCUT2D eigenvalue weighted by atomic mass is 32.2. The lowest BCUT2D eigenvalue weighted by molar-refractivity contribution is 0.0732. The fraction of sp³-hybridized carbons (Fsp3) is 0.200. The highest BCUT2D eigenvalue weighted by Gasteiger charge is 2.26. The summed E-state index contributed by atoms with van der Waals surface area (Å²) in [6.07, 6.45) is 0.710. The van der Waals surface area contributed by atoms with Gasteiger partial charge >= 0.3 is 0 Å². The van der Waals surface area contributed by atoms with Gasteiger partial charge in [0, 0.05) is 23.9 Å².